The second kappa shape index (κ2) is 8.77. The molecule has 2 aromatic rings. The van der Waals surface area contributed by atoms with Gasteiger partial charge in [0, 0.05) is 11.1 Å². The van der Waals surface area contributed by atoms with Crippen LogP contribution in [-0.2, 0) is 11.0 Å². The van der Waals surface area contributed by atoms with E-state index >= 15 is 0 Å². The SMILES string of the molecule is COc1ccc(C)cc1[C@H](C)NC(=O)CNC(=O)c1ccc(C(F)(F)F)cc1. The van der Waals surface area contributed by atoms with E-state index in [2.05, 4.69) is 10.6 Å². The fraction of sp³-hybridized carbons (Fsp3) is 0.300. The number of rotatable bonds is 6. The molecule has 2 aromatic carbocycles. The maximum atomic E-state index is 12.6. The molecule has 0 saturated heterocycles. The molecule has 150 valence electrons. The minimum atomic E-state index is -4.47. The third-order valence-corrected chi connectivity index (χ3v) is 4.11. The van der Waals surface area contributed by atoms with Crippen LogP contribution in [0.25, 0.3) is 0 Å². The molecular formula is C20H21F3N2O3. The number of aryl methyl sites for hydroxylation is 1. The molecule has 0 unspecified atom stereocenters. The summed E-state index contributed by atoms with van der Waals surface area (Å²) in [6, 6.07) is 9.01. The minimum absolute atomic E-state index is 0.0363. The van der Waals surface area contributed by atoms with Gasteiger partial charge in [0.2, 0.25) is 5.91 Å². The van der Waals surface area contributed by atoms with Gasteiger partial charge in [0.25, 0.3) is 5.91 Å². The Morgan fingerprint density at radius 3 is 2.32 bits per heavy atom. The quantitative estimate of drug-likeness (QED) is 0.786. The molecule has 0 aliphatic carbocycles. The lowest BCUT2D eigenvalue weighted by Crippen LogP contribution is -2.38. The maximum Gasteiger partial charge on any atom is 0.416 e. The van der Waals surface area contributed by atoms with Crippen molar-refractivity contribution in [2.24, 2.45) is 0 Å². The van der Waals surface area contributed by atoms with E-state index < -0.39 is 23.6 Å². The van der Waals surface area contributed by atoms with Gasteiger partial charge in [-0.2, -0.15) is 13.2 Å². The van der Waals surface area contributed by atoms with Crippen LogP contribution < -0.4 is 15.4 Å². The highest BCUT2D eigenvalue weighted by atomic mass is 19.4. The van der Waals surface area contributed by atoms with Gasteiger partial charge in [0.15, 0.2) is 0 Å². The first-order valence-corrected chi connectivity index (χ1v) is 8.51. The number of halogens is 3. The van der Waals surface area contributed by atoms with E-state index in [1.165, 1.54) is 7.11 Å². The molecule has 0 heterocycles. The monoisotopic (exact) mass is 394 g/mol. The Morgan fingerprint density at radius 1 is 1.11 bits per heavy atom. The van der Waals surface area contributed by atoms with E-state index in [4.69, 9.17) is 4.74 Å². The van der Waals surface area contributed by atoms with Gasteiger partial charge < -0.3 is 15.4 Å². The molecule has 0 aliphatic heterocycles. The van der Waals surface area contributed by atoms with Crippen molar-refractivity contribution in [2.75, 3.05) is 13.7 Å². The number of carbonyl (C=O) groups is 2. The molecule has 5 nitrogen and oxygen atoms in total. The van der Waals surface area contributed by atoms with Crippen LogP contribution in [0.3, 0.4) is 0 Å². The summed E-state index contributed by atoms with van der Waals surface area (Å²) in [4.78, 5) is 24.1. The Kier molecular flexibility index (Phi) is 6.66. The third kappa shape index (κ3) is 5.48. The van der Waals surface area contributed by atoms with Gasteiger partial charge in [-0.25, -0.2) is 0 Å². The van der Waals surface area contributed by atoms with Crippen molar-refractivity contribution in [3.8, 4) is 5.75 Å². The number of ether oxygens (including phenoxy) is 1. The highest BCUT2D eigenvalue weighted by Gasteiger charge is 2.30. The fourth-order valence-electron chi connectivity index (χ4n) is 2.64. The lowest BCUT2D eigenvalue weighted by Gasteiger charge is -2.18. The van der Waals surface area contributed by atoms with E-state index in [0.717, 1.165) is 35.4 Å². The molecule has 2 N–H and O–H groups in total. The van der Waals surface area contributed by atoms with Gasteiger partial charge in [0.05, 0.1) is 25.3 Å². The lowest BCUT2D eigenvalue weighted by atomic mass is 10.0. The topological polar surface area (TPSA) is 67.4 Å². The van der Waals surface area contributed by atoms with Crippen molar-refractivity contribution in [3.05, 3.63) is 64.7 Å². The summed E-state index contributed by atoms with van der Waals surface area (Å²) in [5.41, 5.74) is 0.995. The molecule has 0 radical (unpaired) electrons. The van der Waals surface area contributed by atoms with Crippen molar-refractivity contribution >= 4 is 11.8 Å². The first kappa shape index (κ1) is 21.3. The number of methoxy groups -OCH3 is 1. The molecule has 0 aromatic heterocycles. The van der Waals surface area contributed by atoms with Crippen LogP contribution in [0.4, 0.5) is 13.2 Å². The van der Waals surface area contributed by atoms with Crippen LogP contribution in [0.1, 0.15) is 40.0 Å². The number of amides is 2. The molecule has 1 atom stereocenters. The summed E-state index contributed by atoms with van der Waals surface area (Å²) in [5.74, 6) is -0.437. The number of carbonyl (C=O) groups excluding carboxylic acids is 2. The maximum absolute atomic E-state index is 12.6. The molecule has 0 saturated carbocycles. The summed E-state index contributed by atoms with van der Waals surface area (Å²) in [6.07, 6.45) is -4.47. The summed E-state index contributed by atoms with van der Waals surface area (Å²) in [5, 5.41) is 5.14. The Balaban J connectivity index is 1.93. The van der Waals surface area contributed by atoms with E-state index in [-0.39, 0.29) is 18.2 Å². The fourth-order valence-corrected chi connectivity index (χ4v) is 2.64. The molecule has 2 rings (SSSR count). The zero-order valence-corrected chi connectivity index (χ0v) is 15.7. The van der Waals surface area contributed by atoms with Crippen LogP contribution in [-0.4, -0.2) is 25.5 Å². The van der Waals surface area contributed by atoms with Crippen molar-refractivity contribution < 1.29 is 27.5 Å². The average Bonchev–Trinajstić information content (AvgIpc) is 2.65. The molecule has 8 heteroatoms. The highest BCUT2D eigenvalue weighted by molar-refractivity contribution is 5.96. The lowest BCUT2D eigenvalue weighted by molar-refractivity contribution is -0.137. The molecular weight excluding hydrogens is 373 g/mol. The van der Waals surface area contributed by atoms with Crippen LogP contribution in [0.2, 0.25) is 0 Å². The number of hydrogen-bond donors (Lipinski definition) is 2. The van der Waals surface area contributed by atoms with Crippen molar-refractivity contribution in [2.45, 2.75) is 26.1 Å². The number of benzene rings is 2. The van der Waals surface area contributed by atoms with Gasteiger partial charge in [-0.05, 0) is 44.2 Å². The average molecular weight is 394 g/mol. The van der Waals surface area contributed by atoms with Gasteiger partial charge in [0.1, 0.15) is 5.75 Å². The van der Waals surface area contributed by atoms with Crippen LogP contribution in [0.15, 0.2) is 42.5 Å². The van der Waals surface area contributed by atoms with E-state index in [1.54, 1.807) is 13.0 Å². The predicted octanol–water partition coefficient (Wildman–Crippen LogP) is 3.63. The van der Waals surface area contributed by atoms with Crippen LogP contribution >= 0.6 is 0 Å². The Morgan fingerprint density at radius 2 is 1.75 bits per heavy atom. The molecule has 0 fully saturated rings. The molecule has 0 spiro atoms. The second-order valence-electron chi connectivity index (χ2n) is 6.29. The smallest absolute Gasteiger partial charge is 0.416 e. The normalized spacial score (nSPS) is 12.2. The number of hydrogen-bond acceptors (Lipinski definition) is 3. The molecule has 0 bridgehead atoms. The predicted molar refractivity (Wildman–Crippen MR) is 98.1 cm³/mol. The standard InChI is InChI=1S/C20H21F3N2O3/c1-12-4-9-17(28-3)16(10-12)13(2)25-18(26)11-24-19(27)14-5-7-15(8-6-14)20(21,22)23/h4-10,13H,11H2,1-3H3,(H,24,27)(H,25,26)/t13-/m0/s1. The summed E-state index contributed by atoms with van der Waals surface area (Å²) in [7, 11) is 1.53. The molecule has 2 amide bonds. The number of alkyl halides is 3. The Hall–Kier alpha value is -3.03. The van der Waals surface area contributed by atoms with Crippen molar-refractivity contribution in [1.29, 1.82) is 0 Å². The van der Waals surface area contributed by atoms with E-state index in [9.17, 15) is 22.8 Å². The second-order valence-corrected chi connectivity index (χ2v) is 6.29. The third-order valence-electron chi connectivity index (χ3n) is 4.11. The van der Waals surface area contributed by atoms with Gasteiger partial charge in [-0.3, -0.25) is 9.59 Å². The van der Waals surface area contributed by atoms with Crippen molar-refractivity contribution in [1.82, 2.24) is 10.6 Å². The van der Waals surface area contributed by atoms with Gasteiger partial charge in [-0.15, -0.1) is 0 Å². The molecule has 28 heavy (non-hydrogen) atoms. The van der Waals surface area contributed by atoms with Gasteiger partial charge >= 0.3 is 6.18 Å². The largest absolute Gasteiger partial charge is 0.496 e. The summed E-state index contributed by atoms with van der Waals surface area (Å²) >= 11 is 0. The Bertz CT molecular complexity index is 849. The summed E-state index contributed by atoms with van der Waals surface area (Å²) < 4.78 is 42.9. The highest BCUT2D eigenvalue weighted by Crippen LogP contribution is 2.29. The molecule has 0 aliphatic rings. The summed E-state index contributed by atoms with van der Waals surface area (Å²) in [6.45, 7) is 3.40. The van der Waals surface area contributed by atoms with Crippen LogP contribution in [0.5, 0.6) is 5.75 Å². The zero-order chi connectivity index (χ0) is 20.9. The minimum Gasteiger partial charge on any atom is -0.496 e. The van der Waals surface area contributed by atoms with Crippen LogP contribution in [0, 0.1) is 6.92 Å². The first-order valence-electron chi connectivity index (χ1n) is 8.51. The first-order chi connectivity index (χ1) is 13.1. The van der Waals surface area contributed by atoms with Crippen molar-refractivity contribution in [3.63, 3.8) is 0 Å². The number of nitrogens with one attached hydrogen (secondary N) is 2. The van der Waals surface area contributed by atoms with E-state index in [1.807, 2.05) is 19.1 Å². The van der Waals surface area contributed by atoms with Gasteiger partial charge in [-0.1, -0.05) is 17.7 Å². The zero-order valence-electron chi connectivity index (χ0n) is 15.7. The Labute approximate surface area is 160 Å². The van der Waals surface area contributed by atoms with E-state index in [0.29, 0.717) is 5.75 Å².